The minimum atomic E-state index is -0.306. The molecule has 8 heteroatoms. The third-order valence-corrected chi connectivity index (χ3v) is 6.76. The molecule has 1 aromatic heterocycles. The van der Waals surface area contributed by atoms with Gasteiger partial charge in [0, 0.05) is 11.6 Å². The minimum absolute atomic E-state index is 0.0185. The predicted molar refractivity (Wildman–Crippen MR) is 112 cm³/mol. The average molecular weight is 404 g/mol. The van der Waals surface area contributed by atoms with Crippen molar-refractivity contribution in [3.8, 4) is 17.1 Å². The molecule has 0 unspecified atom stereocenters. The van der Waals surface area contributed by atoms with Gasteiger partial charge in [-0.3, -0.25) is 4.79 Å². The zero-order valence-electron chi connectivity index (χ0n) is 16.9. The number of nitrogen functional groups attached to an aromatic ring is 1. The summed E-state index contributed by atoms with van der Waals surface area (Å²) in [6, 6.07) is 7.69. The molecule has 7 nitrogen and oxygen atoms in total. The summed E-state index contributed by atoms with van der Waals surface area (Å²) in [6.07, 6.45) is 3.45. The van der Waals surface area contributed by atoms with Gasteiger partial charge in [0.25, 0.3) is 0 Å². The lowest BCUT2D eigenvalue weighted by Crippen LogP contribution is -2.46. The number of methoxy groups -OCH3 is 1. The molecule has 0 saturated heterocycles. The molecular weight excluding hydrogens is 374 g/mol. The third kappa shape index (κ3) is 4.43. The fourth-order valence-corrected chi connectivity index (χ4v) is 4.37. The summed E-state index contributed by atoms with van der Waals surface area (Å²) in [5.41, 5.74) is 0.838. The molecule has 3 rings (SSSR count). The highest BCUT2D eigenvalue weighted by atomic mass is 32.2. The molecule has 2 aromatic rings. The van der Waals surface area contributed by atoms with E-state index in [0.29, 0.717) is 22.8 Å². The molecule has 28 heavy (non-hydrogen) atoms. The van der Waals surface area contributed by atoms with Crippen molar-refractivity contribution in [2.75, 3.05) is 13.0 Å². The molecule has 0 spiro atoms. The number of nitrogens with one attached hydrogen (secondary N) is 1. The average Bonchev–Trinajstić information content (AvgIpc) is 3.05. The molecule has 0 bridgehead atoms. The molecule has 1 aliphatic rings. The first-order valence-electron chi connectivity index (χ1n) is 9.72. The number of rotatable bonds is 6. The van der Waals surface area contributed by atoms with E-state index in [4.69, 9.17) is 10.6 Å². The number of hydrogen-bond donors (Lipinski definition) is 2. The summed E-state index contributed by atoms with van der Waals surface area (Å²) in [4.78, 5) is 12.7. The lowest BCUT2D eigenvalue weighted by Gasteiger charge is -2.35. The van der Waals surface area contributed by atoms with Crippen molar-refractivity contribution in [3.05, 3.63) is 24.3 Å². The predicted octanol–water partition coefficient (Wildman–Crippen LogP) is 3.09. The molecule has 1 aliphatic carbocycles. The maximum absolute atomic E-state index is 12.7. The molecule has 0 aliphatic heterocycles. The van der Waals surface area contributed by atoms with E-state index in [9.17, 15) is 4.79 Å². The smallest absolute Gasteiger partial charge is 0.233 e. The maximum Gasteiger partial charge on any atom is 0.233 e. The number of amides is 1. The van der Waals surface area contributed by atoms with Crippen molar-refractivity contribution in [3.63, 3.8) is 0 Å². The highest BCUT2D eigenvalue weighted by Gasteiger charge is 2.30. The number of ether oxygens (including phenoxy) is 1. The van der Waals surface area contributed by atoms with Gasteiger partial charge in [-0.15, -0.1) is 10.2 Å². The summed E-state index contributed by atoms with van der Waals surface area (Å²) in [5, 5.41) is 11.8. The molecule has 1 amide bonds. The van der Waals surface area contributed by atoms with E-state index in [2.05, 4.69) is 29.4 Å². The van der Waals surface area contributed by atoms with E-state index in [1.54, 1.807) is 7.11 Å². The monoisotopic (exact) mass is 403 g/mol. The Bertz CT molecular complexity index is 807. The maximum atomic E-state index is 12.7. The number of carbonyl (C=O) groups is 1. The lowest BCUT2D eigenvalue weighted by atomic mass is 9.78. The number of hydrogen-bond acceptors (Lipinski definition) is 6. The van der Waals surface area contributed by atoms with Crippen LogP contribution in [0.2, 0.25) is 0 Å². The first-order valence-corrected chi connectivity index (χ1v) is 10.6. The van der Waals surface area contributed by atoms with Gasteiger partial charge in [0.2, 0.25) is 11.1 Å². The Morgan fingerprint density at radius 2 is 2.00 bits per heavy atom. The van der Waals surface area contributed by atoms with Gasteiger partial charge in [-0.1, -0.05) is 38.5 Å². The Labute approximate surface area is 170 Å². The molecule has 1 saturated carbocycles. The van der Waals surface area contributed by atoms with Crippen LogP contribution < -0.4 is 15.9 Å². The fraction of sp³-hybridized carbons (Fsp3) is 0.550. The Kier molecular flexibility index (Phi) is 6.49. The second-order valence-electron chi connectivity index (χ2n) is 7.55. The minimum Gasteiger partial charge on any atom is -0.497 e. The number of thioether (sulfide) groups is 1. The van der Waals surface area contributed by atoms with Crippen LogP contribution in [0.25, 0.3) is 11.4 Å². The largest absolute Gasteiger partial charge is 0.497 e. The molecule has 4 atom stereocenters. The van der Waals surface area contributed by atoms with Crippen molar-refractivity contribution >= 4 is 17.7 Å². The van der Waals surface area contributed by atoms with E-state index in [0.717, 1.165) is 17.7 Å². The quantitative estimate of drug-likeness (QED) is 0.568. The van der Waals surface area contributed by atoms with Gasteiger partial charge in [0.05, 0.1) is 12.4 Å². The summed E-state index contributed by atoms with van der Waals surface area (Å²) in [6.45, 7) is 6.36. The van der Waals surface area contributed by atoms with E-state index in [-0.39, 0.29) is 17.2 Å². The summed E-state index contributed by atoms with van der Waals surface area (Å²) in [7, 11) is 1.62. The zero-order valence-corrected chi connectivity index (χ0v) is 17.7. The first kappa shape index (κ1) is 20.5. The van der Waals surface area contributed by atoms with Crippen LogP contribution in [0.4, 0.5) is 0 Å². The molecule has 3 N–H and O–H groups in total. The van der Waals surface area contributed by atoms with Crippen molar-refractivity contribution in [2.45, 2.75) is 56.5 Å². The number of nitrogens with zero attached hydrogens (tertiary/aromatic N) is 3. The molecule has 1 heterocycles. The Hall–Kier alpha value is -2.22. The first-order chi connectivity index (χ1) is 13.4. The van der Waals surface area contributed by atoms with Gasteiger partial charge in [-0.2, -0.15) is 0 Å². The summed E-state index contributed by atoms with van der Waals surface area (Å²) in [5.74, 6) is 8.65. The van der Waals surface area contributed by atoms with Crippen molar-refractivity contribution in [1.82, 2.24) is 20.2 Å². The molecule has 152 valence electrons. The van der Waals surface area contributed by atoms with Gasteiger partial charge in [-0.25, -0.2) is 4.68 Å². The van der Waals surface area contributed by atoms with Crippen molar-refractivity contribution in [1.29, 1.82) is 0 Å². The van der Waals surface area contributed by atoms with Crippen LogP contribution in [-0.4, -0.2) is 39.2 Å². The molecule has 1 fully saturated rings. The molecular formula is C20H29N5O2S. The Morgan fingerprint density at radius 3 is 2.68 bits per heavy atom. The van der Waals surface area contributed by atoms with Gasteiger partial charge in [0.15, 0.2) is 5.82 Å². The normalized spacial score (nSPS) is 23.2. The highest BCUT2D eigenvalue weighted by molar-refractivity contribution is 8.00. The van der Waals surface area contributed by atoms with Crippen LogP contribution in [0.3, 0.4) is 0 Å². The Morgan fingerprint density at radius 1 is 1.29 bits per heavy atom. The molecule has 0 radical (unpaired) electrons. The van der Waals surface area contributed by atoms with E-state index >= 15 is 0 Å². The van der Waals surface area contributed by atoms with Gasteiger partial charge in [-0.05, 0) is 49.4 Å². The Balaban J connectivity index is 1.64. The third-order valence-electron chi connectivity index (χ3n) is 5.70. The van der Waals surface area contributed by atoms with Gasteiger partial charge < -0.3 is 15.9 Å². The van der Waals surface area contributed by atoms with Crippen molar-refractivity contribution < 1.29 is 9.53 Å². The van der Waals surface area contributed by atoms with Crippen LogP contribution in [0, 0.1) is 11.8 Å². The van der Waals surface area contributed by atoms with Crippen LogP contribution in [-0.2, 0) is 4.79 Å². The number of benzene rings is 1. The number of aromatic nitrogens is 3. The van der Waals surface area contributed by atoms with Gasteiger partial charge >= 0.3 is 0 Å². The SMILES string of the molecule is COc1ccc(-c2nnc(S[C@H](C)C(=O)N[C@H]3CCC[C@@H](C)[C@H]3C)n2N)cc1. The standard InChI is InChI=1S/C20H29N5O2S/c1-12-6-5-7-17(13(12)2)22-19(26)14(3)28-20-24-23-18(25(20)21)15-8-10-16(27-4)11-9-15/h8-14,17H,5-7,21H2,1-4H3,(H,22,26)/t12-,13-,14-,17+/m1/s1. The fourth-order valence-electron chi connectivity index (χ4n) is 3.59. The summed E-state index contributed by atoms with van der Waals surface area (Å²) >= 11 is 1.32. The topological polar surface area (TPSA) is 95.1 Å². The zero-order chi connectivity index (χ0) is 20.3. The van der Waals surface area contributed by atoms with E-state index in [1.165, 1.54) is 29.3 Å². The summed E-state index contributed by atoms with van der Waals surface area (Å²) < 4.78 is 6.61. The second kappa shape index (κ2) is 8.86. The molecule has 1 aromatic carbocycles. The van der Waals surface area contributed by atoms with Gasteiger partial charge in [0.1, 0.15) is 5.75 Å². The van der Waals surface area contributed by atoms with Crippen molar-refractivity contribution in [2.24, 2.45) is 11.8 Å². The number of nitrogens with two attached hydrogens (primary N) is 1. The highest BCUT2D eigenvalue weighted by Crippen LogP contribution is 2.30. The lowest BCUT2D eigenvalue weighted by molar-refractivity contribution is -0.121. The van der Waals surface area contributed by atoms with E-state index < -0.39 is 0 Å². The van der Waals surface area contributed by atoms with Crippen LogP contribution in [0.5, 0.6) is 5.75 Å². The number of carbonyl (C=O) groups excluding carboxylic acids is 1. The van der Waals surface area contributed by atoms with Crippen LogP contribution >= 0.6 is 11.8 Å². The van der Waals surface area contributed by atoms with Crippen LogP contribution in [0.1, 0.15) is 40.0 Å². The van der Waals surface area contributed by atoms with E-state index in [1.807, 2.05) is 31.2 Å². The second-order valence-corrected chi connectivity index (χ2v) is 8.86. The van der Waals surface area contributed by atoms with Crippen LogP contribution in [0.15, 0.2) is 29.4 Å².